The Morgan fingerprint density at radius 3 is 2.15 bits per heavy atom. The maximum atomic E-state index is 15.1. The molecule has 0 aliphatic heterocycles. The number of hydrogen-bond donors (Lipinski definition) is 0. The van der Waals surface area contributed by atoms with Crippen LogP contribution in [0.5, 0.6) is 0 Å². The standard InChI is InChI=1S/C28H21ClF4/c1-2-3-4-18-14-25(31)27(26(32)15-18)21-10-11-22-20(16-21)9-8-19(28(22)33)7-5-17-6-12-23(29)24(30)13-17/h2,6,8-16H,1,3-5,7H2. The predicted octanol–water partition coefficient (Wildman–Crippen LogP) is 8.62. The molecule has 5 heteroatoms. The Bertz CT molecular complexity index is 1320. The molecule has 0 radical (unpaired) electrons. The zero-order valence-corrected chi connectivity index (χ0v) is 18.5. The van der Waals surface area contributed by atoms with Crippen molar-refractivity contribution in [1.82, 2.24) is 0 Å². The molecule has 0 aliphatic rings. The molecule has 0 spiro atoms. The van der Waals surface area contributed by atoms with Gasteiger partial charge in [0.2, 0.25) is 0 Å². The summed E-state index contributed by atoms with van der Waals surface area (Å²) in [5, 5.41) is 0.952. The first-order chi connectivity index (χ1) is 15.9. The molecule has 0 heterocycles. The maximum absolute atomic E-state index is 15.1. The molecule has 0 N–H and O–H groups in total. The lowest BCUT2D eigenvalue weighted by Gasteiger charge is -2.11. The molecule has 0 aromatic heterocycles. The van der Waals surface area contributed by atoms with Gasteiger partial charge in [-0.25, -0.2) is 17.6 Å². The molecule has 0 nitrogen and oxygen atoms in total. The Balaban J connectivity index is 1.61. The predicted molar refractivity (Wildman–Crippen MR) is 127 cm³/mol. The Kier molecular flexibility index (Phi) is 6.85. The number of hydrogen-bond acceptors (Lipinski definition) is 0. The van der Waals surface area contributed by atoms with Crippen molar-refractivity contribution in [1.29, 1.82) is 0 Å². The average molecular weight is 469 g/mol. The van der Waals surface area contributed by atoms with Gasteiger partial charge in [0.15, 0.2) is 0 Å². The summed E-state index contributed by atoms with van der Waals surface area (Å²) in [6, 6.07) is 15.2. The summed E-state index contributed by atoms with van der Waals surface area (Å²) in [6.45, 7) is 3.62. The molecule has 168 valence electrons. The van der Waals surface area contributed by atoms with E-state index in [4.69, 9.17) is 11.6 Å². The number of aryl methyl sites for hydroxylation is 3. The minimum absolute atomic E-state index is 0.0470. The molecule has 33 heavy (non-hydrogen) atoms. The quantitative estimate of drug-likeness (QED) is 0.188. The van der Waals surface area contributed by atoms with Crippen LogP contribution in [0.4, 0.5) is 17.6 Å². The molecule has 4 rings (SSSR count). The van der Waals surface area contributed by atoms with Gasteiger partial charge >= 0.3 is 0 Å². The van der Waals surface area contributed by atoms with Crippen molar-refractivity contribution in [2.45, 2.75) is 25.7 Å². The van der Waals surface area contributed by atoms with Gasteiger partial charge in [0, 0.05) is 5.39 Å². The molecule has 0 amide bonds. The molecule has 4 aromatic rings. The van der Waals surface area contributed by atoms with Crippen LogP contribution in [-0.4, -0.2) is 0 Å². The van der Waals surface area contributed by atoms with Crippen molar-refractivity contribution in [2.24, 2.45) is 0 Å². The number of allylic oxidation sites excluding steroid dienone is 1. The highest BCUT2D eigenvalue weighted by molar-refractivity contribution is 6.30. The topological polar surface area (TPSA) is 0 Å². The highest BCUT2D eigenvalue weighted by Crippen LogP contribution is 2.32. The third kappa shape index (κ3) is 4.96. The third-order valence-corrected chi connectivity index (χ3v) is 6.04. The van der Waals surface area contributed by atoms with Crippen molar-refractivity contribution in [2.75, 3.05) is 0 Å². The summed E-state index contributed by atoms with van der Waals surface area (Å²) >= 11 is 5.71. The highest BCUT2D eigenvalue weighted by Gasteiger charge is 2.15. The van der Waals surface area contributed by atoms with Crippen LogP contribution in [0.15, 0.2) is 73.3 Å². The Morgan fingerprint density at radius 2 is 1.45 bits per heavy atom. The van der Waals surface area contributed by atoms with Gasteiger partial charge in [0.05, 0.1) is 10.6 Å². The van der Waals surface area contributed by atoms with Gasteiger partial charge in [-0.05, 0) is 83.7 Å². The van der Waals surface area contributed by atoms with Gasteiger partial charge in [-0.1, -0.05) is 48.0 Å². The average Bonchev–Trinajstić information content (AvgIpc) is 2.79. The lowest BCUT2D eigenvalue weighted by atomic mass is 9.96. The van der Waals surface area contributed by atoms with E-state index in [-0.39, 0.29) is 10.6 Å². The summed E-state index contributed by atoms with van der Waals surface area (Å²) in [5.74, 6) is -2.20. The molecule has 0 aliphatic carbocycles. The SMILES string of the molecule is C=CCCc1cc(F)c(-c2ccc3c(F)c(CCc4ccc(Cl)c(F)c4)ccc3c2)c(F)c1. The summed E-state index contributed by atoms with van der Waals surface area (Å²) in [4.78, 5) is 0. The smallest absolute Gasteiger partial charge is 0.142 e. The lowest BCUT2D eigenvalue weighted by molar-refractivity contribution is 0.586. The zero-order valence-electron chi connectivity index (χ0n) is 17.8. The maximum Gasteiger partial charge on any atom is 0.142 e. The van der Waals surface area contributed by atoms with Crippen molar-refractivity contribution < 1.29 is 17.6 Å². The molecule has 0 saturated carbocycles. The number of halogens is 5. The number of benzene rings is 4. The molecule has 0 unspecified atom stereocenters. The van der Waals surface area contributed by atoms with Gasteiger partial charge < -0.3 is 0 Å². The summed E-state index contributed by atoms with van der Waals surface area (Å²) in [6.07, 6.45) is 3.65. The van der Waals surface area contributed by atoms with Gasteiger partial charge in [-0.3, -0.25) is 0 Å². The molecular weight excluding hydrogens is 448 g/mol. The first kappa shape index (κ1) is 23.1. The van der Waals surface area contributed by atoms with E-state index in [9.17, 15) is 13.2 Å². The second-order valence-electron chi connectivity index (χ2n) is 7.98. The largest absolute Gasteiger partial charge is 0.206 e. The fourth-order valence-corrected chi connectivity index (χ4v) is 4.09. The van der Waals surface area contributed by atoms with Crippen LogP contribution in [0, 0.1) is 23.3 Å². The number of rotatable bonds is 7. The fraction of sp³-hybridized carbons (Fsp3) is 0.143. The minimum Gasteiger partial charge on any atom is -0.206 e. The second kappa shape index (κ2) is 9.80. The van der Waals surface area contributed by atoms with Crippen LogP contribution in [0.3, 0.4) is 0 Å². The van der Waals surface area contributed by atoms with Crippen LogP contribution in [0.1, 0.15) is 23.1 Å². The summed E-state index contributed by atoms with van der Waals surface area (Å²) < 4.78 is 58.2. The molecule has 0 atom stereocenters. The van der Waals surface area contributed by atoms with Crippen molar-refractivity contribution >= 4 is 22.4 Å². The summed E-state index contributed by atoms with van der Waals surface area (Å²) in [5.41, 5.74) is 1.97. The van der Waals surface area contributed by atoms with Crippen LogP contribution < -0.4 is 0 Å². The van der Waals surface area contributed by atoms with Crippen LogP contribution in [0.2, 0.25) is 5.02 Å². The second-order valence-corrected chi connectivity index (χ2v) is 8.39. The zero-order chi connectivity index (χ0) is 23.5. The Labute approximate surface area is 195 Å². The van der Waals surface area contributed by atoms with Crippen LogP contribution >= 0.6 is 11.6 Å². The monoisotopic (exact) mass is 468 g/mol. The van der Waals surface area contributed by atoms with E-state index in [1.807, 2.05) is 0 Å². The van der Waals surface area contributed by atoms with E-state index in [0.717, 1.165) is 0 Å². The third-order valence-electron chi connectivity index (χ3n) is 5.73. The van der Waals surface area contributed by atoms with E-state index < -0.39 is 23.3 Å². The van der Waals surface area contributed by atoms with Gasteiger partial charge in [0.1, 0.15) is 23.3 Å². The highest BCUT2D eigenvalue weighted by atomic mass is 35.5. The van der Waals surface area contributed by atoms with Crippen molar-refractivity contribution in [3.8, 4) is 11.1 Å². The van der Waals surface area contributed by atoms with E-state index in [2.05, 4.69) is 6.58 Å². The minimum atomic E-state index is -0.652. The van der Waals surface area contributed by atoms with E-state index in [0.29, 0.717) is 58.7 Å². The Morgan fingerprint density at radius 1 is 0.727 bits per heavy atom. The molecule has 0 fully saturated rings. The van der Waals surface area contributed by atoms with Gasteiger partial charge in [-0.15, -0.1) is 6.58 Å². The van der Waals surface area contributed by atoms with Crippen LogP contribution in [0.25, 0.3) is 21.9 Å². The fourth-order valence-electron chi connectivity index (χ4n) is 3.97. The normalized spacial score (nSPS) is 11.2. The first-order valence-electron chi connectivity index (χ1n) is 10.6. The van der Waals surface area contributed by atoms with Crippen molar-refractivity contribution in [3.63, 3.8) is 0 Å². The van der Waals surface area contributed by atoms with Crippen LogP contribution in [-0.2, 0) is 19.3 Å². The molecular formula is C28H21ClF4. The van der Waals surface area contributed by atoms with E-state index in [1.165, 1.54) is 36.4 Å². The molecule has 0 bridgehead atoms. The Hall–Kier alpha value is -3.11. The van der Waals surface area contributed by atoms with E-state index in [1.54, 1.807) is 30.3 Å². The van der Waals surface area contributed by atoms with E-state index >= 15 is 4.39 Å². The van der Waals surface area contributed by atoms with Gasteiger partial charge in [-0.2, -0.15) is 0 Å². The van der Waals surface area contributed by atoms with Gasteiger partial charge in [0.25, 0.3) is 0 Å². The lowest BCUT2D eigenvalue weighted by Crippen LogP contribution is -1.98. The molecule has 4 aromatic carbocycles. The van der Waals surface area contributed by atoms with Crippen molar-refractivity contribution in [3.05, 3.63) is 118 Å². The first-order valence-corrected chi connectivity index (χ1v) is 11.0. The molecule has 0 saturated heterocycles. The summed E-state index contributed by atoms with van der Waals surface area (Å²) in [7, 11) is 0. The number of fused-ring (bicyclic) bond motifs is 1.